The molecular formula is C21H17N3O4. The molecule has 0 aliphatic heterocycles. The van der Waals surface area contributed by atoms with Crippen molar-refractivity contribution in [1.82, 2.24) is 9.97 Å². The Morgan fingerprint density at radius 2 is 1.61 bits per heavy atom. The van der Waals surface area contributed by atoms with Gasteiger partial charge in [0.25, 0.3) is 0 Å². The van der Waals surface area contributed by atoms with Crippen LogP contribution in [0.25, 0.3) is 0 Å². The largest absolute Gasteiger partial charge is 0.469 e. The van der Waals surface area contributed by atoms with Crippen LogP contribution in [0.15, 0.2) is 60.9 Å². The second-order valence-electron chi connectivity index (χ2n) is 5.79. The average molecular weight is 375 g/mol. The Morgan fingerprint density at radius 1 is 1.00 bits per heavy atom. The van der Waals surface area contributed by atoms with Gasteiger partial charge in [0, 0.05) is 5.56 Å². The lowest BCUT2D eigenvalue weighted by Gasteiger charge is -2.15. The highest BCUT2D eigenvalue weighted by Gasteiger charge is 2.20. The number of para-hydroxylation sites is 2. The van der Waals surface area contributed by atoms with Crippen LogP contribution in [0, 0.1) is 11.3 Å². The molecule has 28 heavy (non-hydrogen) atoms. The van der Waals surface area contributed by atoms with E-state index < -0.39 is 5.92 Å². The van der Waals surface area contributed by atoms with E-state index in [4.69, 9.17) is 19.5 Å². The number of hydrogen-bond donors (Lipinski definition) is 0. The molecule has 0 aliphatic carbocycles. The molecular weight excluding hydrogens is 358 g/mol. The van der Waals surface area contributed by atoms with E-state index in [-0.39, 0.29) is 17.7 Å². The van der Waals surface area contributed by atoms with Crippen molar-refractivity contribution in [1.29, 1.82) is 5.26 Å². The Hall–Kier alpha value is -3.92. The Kier molecular flexibility index (Phi) is 5.82. The summed E-state index contributed by atoms with van der Waals surface area (Å²) >= 11 is 0. The lowest BCUT2D eigenvalue weighted by Crippen LogP contribution is -2.11. The third-order valence-electron chi connectivity index (χ3n) is 3.99. The van der Waals surface area contributed by atoms with Gasteiger partial charge in [-0.25, -0.2) is 9.97 Å². The van der Waals surface area contributed by atoms with Crippen molar-refractivity contribution in [3.05, 3.63) is 72.1 Å². The number of esters is 1. The van der Waals surface area contributed by atoms with Crippen molar-refractivity contribution in [3.63, 3.8) is 0 Å². The maximum Gasteiger partial charge on any atom is 0.312 e. The van der Waals surface area contributed by atoms with E-state index in [1.165, 1.54) is 19.5 Å². The fourth-order valence-electron chi connectivity index (χ4n) is 2.54. The number of methoxy groups -OCH3 is 1. The lowest BCUT2D eigenvalue weighted by molar-refractivity contribution is -0.142. The van der Waals surface area contributed by atoms with E-state index in [0.717, 1.165) is 0 Å². The monoisotopic (exact) mass is 375 g/mol. The van der Waals surface area contributed by atoms with Crippen LogP contribution in [0.3, 0.4) is 0 Å². The van der Waals surface area contributed by atoms with Crippen molar-refractivity contribution >= 4 is 5.97 Å². The molecule has 0 saturated carbocycles. The summed E-state index contributed by atoms with van der Waals surface area (Å²) in [7, 11) is 1.34. The number of nitriles is 1. The first kappa shape index (κ1) is 18.9. The summed E-state index contributed by atoms with van der Waals surface area (Å²) in [5.41, 5.74) is 1.06. The Morgan fingerprint density at radius 3 is 2.29 bits per heavy atom. The first-order valence-electron chi connectivity index (χ1n) is 8.46. The minimum Gasteiger partial charge on any atom is -0.469 e. The van der Waals surface area contributed by atoms with Crippen LogP contribution in [-0.4, -0.2) is 23.0 Å². The fourth-order valence-corrected chi connectivity index (χ4v) is 2.54. The molecule has 0 N–H and O–H groups in total. The molecule has 0 bridgehead atoms. The predicted octanol–water partition coefficient (Wildman–Crippen LogP) is 4.21. The maximum absolute atomic E-state index is 11.9. The normalized spacial score (nSPS) is 11.2. The Labute approximate surface area is 162 Å². The zero-order valence-electron chi connectivity index (χ0n) is 15.3. The predicted molar refractivity (Wildman–Crippen MR) is 100 cm³/mol. The number of carbonyl (C=O) groups excluding carboxylic acids is 1. The minimum atomic E-state index is -0.499. The van der Waals surface area contributed by atoms with Gasteiger partial charge < -0.3 is 14.2 Å². The summed E-state index contributed by atoms with van der Waals surface area (Å²) in [4.78, 5) is 20.0. The van der Waals surface area contributed by atoms with Crippen LogP contribution in [0.4, 0.5) is 0 Å². The van der Waals surface area contributed by atoms with Crippen molar-refractivity contribution < 1.29 is 19.0 Å². The van der Waals surface area contributed by atoms with Crippen molar-refractivity contribution in [2.24, 2.45) is 0 Å². The quantitative estimate of drug-likeness (QED) is 0.596. The zero-order chi connectivity index (χ0) is 19.9. The number of nitrogens with zero attached hydrogens (tertiary/aromatic N) is 3. The Balaban J connectivity index is 1.85. The number of aromatic nitrogens is 2. The fraction of sp³-hybridized carbons (Fsp3) is 0.143. The first-order valence-corrected chi connectivity index (χ1v) is 8.46. The maximum atomic E-state index is 11.9. The van der Waals surface area contributed by atoms with Crippen molar-refractivity contribution in [2.75, 3.05) is 7.11 Å². The van der Waals surface area contributed by atoms with Crippen LogP contribution >= 0.6 is 0 Å². The van der Waals surface area contributed by atoms with E-state index in [9.17, 15) is 4.79 Å². The molecule has 1 atom stereocenters. The smallest absolute Gasteiger partial charge is 0.312 e. The van der Waals surface area contributed by atoms with Crippen LogP contribution in [0.5, 0.6) is 23.3 Å². The average Bonchev–Trinajstić information content (AvgIpc) is 2.73. The third-order valence-corrected chi connectivity index (χ3v) is 3.99. The van der Waals surface area contributed by atoms with Gasteiger partial charge in [-0.15, -0.1) is 0 Å². The van der Waals surface area contributed by atoms with Gasteiger partial charge >= 0.3 is 5.97 Å². The summed E-state index contributed by atoms with van der Waals surface area (Å²) in [6.07, 6.45) is 1.30. The molecule has 0 saturated heterocycles. The topological polar surface area (TPSA) is 94.3 Å². The molecule has 1 heterocycles. The van der Waals surface area contributed by atoms with Gasteiger partial charge in [0.15, 0.2) is 0 Å². The summed E-state index contributed by atoms with van der Waals surface area (Å²) in [5.74, 6) is 0.462. The highest BCUT2D eigenvalue weighted by atomic mass is 16.5. The van der Waals surface area contributed by atoms with Gasteiger partial charge in [0.2, 0.25) is 11.8 Å². The van der Waals surface area contributed by atoms with E-state index in [1.807, 2.05) is 6.07 Å². The number of ether oxygens (including phenoxy) is 3. The molecule has 3 aromatic rings. The highest BCUT2D eigenvalue weighted by Crippen LogP contribution is 2.32. The third kappa shape index (κ3) is 4.24. The summed E-state index contributed by atoms with van der Waals surface area (Å²) in [5, 5.41) is 9.17. The van der Waals surface area contributed by atoms with Gasteiger partial charge in [0.1, 0.15) is 23.9 Å². The molecule has 0 aliphatic rings. The van der Waals surface area contributed by atoms with Gasteiger partial charge in [0.05, 0.1) is 24.7 Å². The molecule has 7 nitrogen and oxygen atoms in total. The van der Waals surface area contributed by atoms with Crippen molar-refractivity contribution in [3.8, 4) is 29.3 Å². The van der Waals surface area contributed by atoms with Crippen LogP contribution in [0.1, 0.15) is 24.0 Å². The van der Waals surface area contributed by atoms with Gasteiger partial charge in [-0.05, 0) is 25.1 Å². The van der Waals surface area contributed by atoms with Gasteiger partial charge in [-0.3, -0.25) is 4.79 Å². The SMILES string of the molecule is COC(=O)C(C)c1ccccc1Oc1cc(Oc2ccccc2C#N)ncn1. The summed E-state index contributed by atoms with van der Waals surface area (Å²) in [6, 6.07) is 17.5. The zero-order valence-corrected chi connectivity index (χ0v) is 15.3. The molecule has 2 aromatic carbocycles. The summed E-state index contributed by atoms with van der Waals surface area (Å²) in [6.45, 7) is 1.74. The van der Waals surface area contributed by atoms with Crippen LogP contribution in [0.2, 0.25) is 0 Å². The molecule has 1 aromatic heterocycles. The van der Waals surface area contributed by atoms with E-state index in [0.29, 0.717) is 22.6 Å². The molecule has 0 radical (unpaired) electrons. The summed E-state index contributed by atoms with van der Waals surface area (Å²) < 4.78 is 16.4. The standard InChI is InChI=1S/C21H17N3O4/c1-14(21(25)26-2)16-8-4-6-10-18(16)28-20-11-19(23-13-24-20)27-17-9-5-3-7-15(17)12-22/h3-11,13-14H,1-2H3. The van der Waals surface area contributed by atoms with E-state index in [1.54, 1.807) is 49.4 Å². The molecule has 3 rings (SSSR count). The number of benzene rings is 2. The number of rotatable bonds is 6. The number of carbonyl (C=O) groups is 1. The van der Waals surface area contributed by atoms with Crippen molar-refractivity contribution in [2.45, 2.75) is 12.8 Å². The lowest BCUT2D eigenvalue weighted by atomic mass is 10.0. The molecule has 7 heteroatoms. The minimum absolute atomic E-state index is 0.228. The highest BCUT2D eigenvalue weighted by molar-refractivity contribution is 5.78. The molecule has 0 fully saturated rings. The first-order chi connectivity index (χ1) is 13.6. The second-order valence-corrected chi connectivity index (χ2v) is 5.79. The van der Waals surface area contributed by atoms with E-state index >= 15 is 0 Å². The second kappa shape index (κ2) is 8.64. The number of hydrogen-bond acceptors (Lipinski definition) is 7. The van der Waals surface area contributed by atoms with Crippen LogP contribution < -0.4 is 9.47 Å². The molecule has 0 amide bonds. The van der Waals surface area contributed by atoms with Crippen LogP contribution in [-0.2, 0) is 9.53 Å². The molecule has 0 spiro atoms. The molecule has 1 unspecified atom stereocenters. The van der Waals surface area contributed by atoms with Gasteiger partial charge in [-0.1, -0.05) is 30.3 Å². The Bertz CT molecular complexity index is 1030. The van der Waals surface area contributed by atoms with Gasteiger partial charge in [-0.2, -0.15) is 5.26 Å². The van der Waals surface area contributed by atoms with E-state index in [2.05, 4.69) is 16.0 Å². The molecule has 140 valence electrons.